The number of ether oxygens (including phenoxy) is 2. The summed E-state index contributed by atoms with van der Waals surface area (Å²) in [5.74, 6) is -3.56. The molecular weight excluding hydrogens is 536 g/mol. The number of hydrogen-bond acceptors (Lipinski definition) is 10. The van der Waals surface area contributed by atoms with Gasteiger partial charge in [0.1, 0.15) is 24.3 Å². The molecule has 0 saturated carbocycles. The van der Waals surface area contributed by atoms with Gasteiger partial charge < -0.3 is 29.7 Å². The predicted molar refractivity (Wildman–Crippen MR) is 145 cm³/mol. The fourth-order valence-corrected chi connectivity index (χ4v) is 4.73. The van der Waals surface area contributed by atoms with E-state index < -0.39 is 30.6 Å². The van der Waals surface area contributed by atoms with E-state index in [9.17, 15) is 23.9 Å². The van der Waals surface area contributed by atoms with Crippen molar-refractivity contribution in [2.75, 3.05) is 49.6 Å². The minimum atomic E-state index is -3.37. The molecule has 1 aromatic heterocycles. The lowest BCUT2D eigenvalue weighted by atomic mass is 10.0. The number of morpholine rings is 1. The van der Waals surface area contributed by atoms with E-state index in [1.165, 1.54) is 25.4 Å². The molecule has 3 aromatic rings. The van der Waals surface area contributed by atoms with Crippen LogP contribution < -0.4 is 15.0 Å². The number of likely N-dealkylation sites (tertiary alicyclic amines) is 1. The molecule has 5 rings (SSSR count). The third kappa shape index (κ3) is 6.50. The number of amides is 1. The Balaban J connectivity index is 1.27. The molecule has 0 spiro atoms. The number of anilines is 3. The van der Waals surface area contributed by atoms with Crippen molar-refractivity contribution in [2.45, 2.75) is 31.5 Å². The molecule has 11 nitrogen and oxygen atoms in total. The number of nitrogens with one attached hydrogen (secondary N) is 1. The normalized spacial score (nSPS) is 19.2. The largest absolute Gasteiger partial charge is 0.483 e. The summed E-state index contributed by atoms with van der Waals surface area (Å²) >= 11 is 0. The van der Waals surface area contributed by atoms with E-state index in [1.807, 2.05) is 30.3 Å². The van der Waals surface area contributed by atoms with Crippen molar-refractivity contribution in [1.82, 2.24) is 19.9 Å². The Morgan fingerprint density at radius 1 is 1.20 bits per heavy atom. The summed E-state index contributed by atoms with van der Waals surface area (Å²) < 4.78 is 40.6. The monoisotopic (exact) mass is 565 g/mol. The number of carbonyl (C=O) groups is 1. The molecule has 0 bridgehead atoms. The topological polar surface area (TPSA) is 137 Å². The van der Waals surface area contributed by atoms with Crippen molar-refractivity contribution in [2.24, 2.45) is 0 Å². The van der Waals surface area contributed by atoms with Crippen molar-refractivity contribution in [3.63, 3.8) is 0 Å². The molecule has 13 heteroatoms. The molecule has 2 aliphatic rings. The third-order valence-corrected chi connectivity index (χ3v) is 6.90. The van der Waals surface area contributed by atoms with E-state index in [0.29, 0.717) is 24.7 Å². The number of halogens is 2. The Morgan fingerprint density at radius 2 is 1.95 bits per heavy atom. The summed E-state index contributed by atoms with van der Waals surface area (Å²) in [4.78, 5) is 27.9. The molecular formula is C28H29F2N7O4. The summed E-state index contributed by atoms with van der Waals surface area (Å²) in [5.41, 5.74) is 2.39. The van der Waals surface area contributed by atoms with E-state index in [1.54, 1.807) is 6.07 Å². The number of alkyl halides is 2. The number of benzene rings is 2. The highest BCUT2D eigenvalue weighted by Gasteiger charge is 2.48. The van der Waals surface area contributed by atoms with Crippen LogP contribution in [0.2, 0.25) is 0 Å². The van der Waals surface area contributed by atoms with Crippen LogP contribution in [0.15, 0.2) is 48.8 Å². The van der Waals surface area contributed by atoms with E-state index >= 15 is 0 Å². The summed E-state index contributed by atoms with van der Waals surface area (Å²) in [6.45, 7) is 3.44. The number of rotatable bonds is 7. The van der Waals surface area contributed by atoms with Gasteiger partial charge in [-0.15, -0.1) is 0 Å². The molecule has 214 valence electrons. The lowest BCUT2D eigenvalue weighted by Gasteiger charge is -2.38. The Bertz CT molecular complexity index is 1430. The zero-order valence-corrected chi connectivity index (χ0v) is 22.3. The van der Waals surface area contributed by atoms with Crippen molar-refractivity contribution in [1.29, 1.82) is 5.26 Å². The maximum absolute atomic E-state index is 14.8. The van der Waals surface area contributed by atoms with Crippen LogP contribution in [0.4, 0.5) is 26.1 Å². The molecule has 2 atom stereocenters. The standard InChI is InChI=1S/C28H29F2N7O4/c1-18(38)26(39)37-9-8-24(28(29,30)16-37)41-23-7-2-19(14-20(23)15-31)25-32-17-33-27(35-25)34-21-3-5-22(6-4-21)36-10-12-40-13-11-36/h2-7,14,17-18,24,38H,8-13,16H2,1H3,(H,32,33,34,35)/t18-,24?/m0/s1. The van der Waals surface area contributed by atoms with Gasteiger partial charge in [-0.2, -0.15) is 10.2 Å². The number of aromatic nitrogens is 3. The van der Waals surface area contributed by atoms with Gasteiger partial charge in [0.05, 0.1) is 25.3 Å². The van der Waals surface area contributed by atoms with Gasteiger partial charge in [-0.1, -0.05) is 0 Å². The average molecular weight is 566 g/mol. The first-order valence-electron chi connectivity index (χ1n) is 13.2. The van der Waals surface area contributed by atoms with E-state index in [-0.39, 0.29) is 30.1 Å². The molecule has 2 saturated heterocycles. The molecule has 0 radical (unpaired) electrons. The molecule has 2 N–H and O–H groups in total. The first kappa shape index (κ1) is 28.1. The second kappa shape index (κ2) is 12.0. The zero-order valence-electron chi connectivity index (χ0n) is 22.3. The van der Waals surface area contributed by atoms with E-state index in [4.69, 9.17) is 9.47 Å². The molecule has 2 fully saturated rings. The lowest BCUT2D eigenvalue weighted by molar-refractivity contribution is -0.165. The van der Waals surface area contributed by atoms with Crippen LogP contribution in [-0.4, -0.2) is 88.4 Å². The van der Waals surface area contributed by atoms with E-state index in [0.717, 1.165) is 29.4 Å². The Kier molecular flexibility index (Phi) is 8.23. The van der Waals surface area contributed by atoms with Crippen LogP contribution >= 0.6 is 0 Å². The number of aliphatic hydroxyl groups is 1. The molecule has 41 heavy (non-hydrogen) atoms. The maximum Gasteiger partial charge on any atom is 0.301 e. The highest BCUT2D eigenvalue weighted by Crippen LogP contribution is 2.34. The van der Waals surface area contributed by atoms with Crippen LogP contribution in [0.5, 0.6) is 5.75 Å². The van der Waals surface area contributed by atoms with Gasteiger partial charge >= 0.3 is 5.92 Å². The quantitative estimate of drug-likeness (QED) is 0.440. The summed E-state index contributed by atoms with van der Waals surface area (Å²) in [6, 6.07) is 14.3. The second-order valence-electron chi connectivity index (χ2n) is 9.82. The second-order valence-corrected chi connectivity index (χ2v) is 9.82. The third-order valence-electron chi connectivity index (χ3n) is 6.90. The zero-order chi connectivity index (χ0) is 29.0. The van der Waals surface area contributed by atoms with Crippen LogP contribution in [0, 0.1) is 11.3 Å². The Hall–Kier alpha value is -4.41. The number of aliphatic hydroxyl groups excluding tert-OH is 1. The minimum Gasteiger partial charge on any atom is -0.483 e. The van der Waals surface area contributed by atoms with Gasteiger partial charge in [0.25, 0.3) is 5.91 Å². The smallest absolute Gasteiger partial charge is 0.301 e. The SMILES string of the molecule is C[C@H](O)C(=O)N1CCC(Oc2ccc(-c3ncnc(Nc4ccc(N5CCOCC5)cc4)n3)cc2C#N)C(F)(F)C1. The van der Waals surface area contributed by atoms with Crippen molar-refractivity contribution in [3.8, 4) is 23.2 Å². The van der Waals surface area contributed by atoms with Gasteiger partial charge in [-0.05, 0) is 49.4 Å². The first-order valence-corrected chi connectivity index (χ1v) is 13.2. The molecule has 0 aliphatic carbocycles. The highest BCUT2D eigenvalue weighted by molar-refractivity contribution is 5.80. The molecule has 2 aliphatic heterocycles. The van der Waals surface area contributed by atoms with Crippen LogP contribution in [0.3, 0.4) is 0 Å². The van der Waals surface area contributed by atoms with Crippen LogP contribution in [-0.2, 0) is 9.53 Å². The number of piperidine rings is 1. The Morgan fingerprint density at radius 3 is 2.63 bits per heavy atom. The molecule has 3 heterocycles. The lowest BCUT2D eigenvalue weighted by Crippen LogP contribution is -2.56. The van der Waals surface area contributed by atoms with Crippen LogP contribution in [0.1, 0.15) is 18.9 Å². The van der Waals surface area contributed by atoms with E-state index in [2.05, 4.69) is 25.2 Å². The van der Waals surface area contributed by atoms with Crippen molar-refractivity contribution >= 4 is 23.2 Å². The molecule has 1 amide bonds. The maximum atomic E-state index is 14.8. The highest BCUT2D eigenvalue weighted by atomic mass is 19.3. The van der Waals surface area contributed by atoms with Gasteiger partial charge in [-0.25, -0.2) is 18.7 Å². The van der Waals surface area contributed by atoms with Gasteiger partial charge in [0, 0.05) is 43.0 Å². The average Bonchev–Trinajstić information content (AvgIpc) is 2.98. The number of nitriles is 1. The fraction of sp³-hybridized carbons (Fsp3) is 0.393. The Labute approximate surface area is 235 Å². The summed E-state index contributed by atoms with van der Waals surface area (Å²) in [5, 5.41) is 22.3. The molecule has 2 aromatic carbocycles. The minimum absolute atomic E-state index is 0.000531. The molecule has 1 unspecified atom stereocenters. The number of hydrogen-bond donors (Lipinski definition) is 2. The van der Waals surface area contributed by atoms with Gasteiger partial charge in [-0.3, -0.25) is 4.79 Å². The van der Waals surface area contributed by atoms with Gasteiger partial charge in [0.15, 0.2) is 11.9 Å². The summed E-state index contributed by atoms with van der Waals surface area (Å²) in [6.07, 6.45) is -1.73. The van der Waals surface area contributed by atoms with Crippen molar-refractivity contribution < 1.29 is 28.2 Å². The number of carbonyl (C=O) groups excluding carboxylic acids is 1. The predicted octanol–water partition coefficient (Wildman–Crippen LogP) is 2.99. The van der Waals surface area contributed by atoms with Crippen molar-refractivity contribution in [3.05, 3.63) is 54.4 Å². The fourth-order valence-electron chi connectivity index (χ4n) is 4.73. The first-order chi connectivity index (χ1) is 19.7. The van der Waals surface area contributed by atoms with Crippen LogP contribution in [0.25, 0.3) is 11.4 Å². The number of nitrogens with zero attached hydrogens (tertiary/aromatic N) is 6. The summed E-state index contributed by atoms with van der Waals surface area (Å²) in [7, 11) is 0. The van der Waals surface area contributed by atoms with Gasteiger partial charge in [0.2, 0.25) is 5.95 Å².